The van der Waals surface area contributed by atoms with E-state index in [4.69, 9.17) is 32.7 Å². The molecule has 1 N–H and O–H groups in total. The predicted molar refractivity (Wildman–Crippen MR) is 107 cm³/mol. The van der Waals surface area contributed by atoms with Crippen LogP contribution in [0.1, 0.15) is 0 Å². The summed E-state index contributed by atoms with van der Waals surface area (Å²) in [5, 5.41) is 3.28. The van der Waals surface area contributed by atoms with Gasteiger partial charge in [0.05, 0.1) is 28.8 Å². The molecule has 0 saturated carbocycles. The number of hydrogen-bond acceptors (Lipinski definition) is 5. The van der Waals surface area contributed by atoms with Gasteiger partial charge in [-0.3, -0.25) is 4.79 Å². The largest absolute Gasteiger partial charge is 0.484 e. The van der Waals surface area contributed by atoms with E-state index < -0.39 is 15.9 Å². The van der Waals surface area contributed by atoms with E-state index in [9.17, 15) is 13.2 Å². The zero-order chi connectivity index (χ0) is 20.1. The molecule has 0 unspecified atom stereocenters. The van der Waals surface area contributed by atoms with Crippen molar-refractivity contribution >= 4 is 44.8 Å². The molecule has 0 aliphatic carbocycles. The van der Waals surface area contributed by atoms with Crippen LogP contribution in [0.15, 0.2) is 47.4 Å². The summed E-state index contributed by atoms with van der Waals surface area (Å²) < 4.78 is 37.4. The molecule has 2 aromatic rings. The van der Waals surface area contributed by atoms with Crippen molar-refractivity contribution in [2.75, 3.05) is 38.2 Å². The Labute approximate surface area is 173 Å². The van der Waals surface area contributed by atoms with Crippen molar-refractivity contribution in [1.82, 2.24) is 4.31 Å². The average molecular weight is 445 g/mol. The van der Waals surface area contributed by atoms with Crippen LogP contribution in [0.25, 0.3) is 0 Å². The monoisotopic (exact) mass is 444 g/mol. The van der Waals surface area contributed by atoms with Crippen LogP contribution >= 0.6 is 23.2 Å². The van der Waals surface area contributed by atoms with Gasteiger partial charge >= 0.3 is 0 Å². The molecule has 0 spiro atoms. The van der Waals surface area contributed by atoms with Crippen LogP contribution in [-0.4, -0.2) is 51.5 Å². The Kier molecular flexibility index (Phi) is 6.79. The second kappa shape index (κ2) is 9.11. The van der Waals surface area contributed by atoms with E-state index in [1.54, 1.807) is 24.3 Å². The first-order valence-electron chi connectivity index (χ1n) is 8.42. The number of morpholine rings is 1. The zero-order valence-electron chi connectivity index (χ0n) is 14.7. The molecule has 1 aliphatic rings. The molecule has 2 aromatic carbocycles. The first kappa shape index (κ1) is 20.9. The summed E-state index contributed by atoms with van der Waals surface area (Å²) in [6.07, 6.45) is 0. The molecule has 0 radical (unpaired) electrons. The SMILES string of the molecule is O=C(COc1cccc(Cl)c1)Nc1cc(S(=O)(=O)N2CCOCC2)ccc1Cl. The lowest BCUT2D eigenvalue weighted by Gasteiger charge is -2.26. The fourth-order valence-electron chi connectivity index (χ4n) is 2.59. The number of halogens is 2. The van der Waals surface area contributed by atoms with Crippen LogP contribution in [0.2, 0.25) is 10.0 Å². The van der Waals surface area contributed by atoms with Crippen molar-refractivity contribution in [3.05, 3.63) is 52.5 Å². The molecule has 28 heavy (non-hydrogen) atoms. The number of nitrogens with zero attached hydrogens (tertiary/aromatic N) is 1. The minimum absolute atomic E-state index is 0.0462. The minimum atomic E-state index is -3.70. The lowest BCUT2D eigenvalue weighted by Crippen LogP contribution is -2.40. The van der Waals surface area contributed by atoms with E-state index in [2.05, 4.69) is 5.32 Å². The molecular weight excluding hydrogens is 427 g/mol. The number of carbonyl (C=O) groups is 1. The molecule has 3 rings (SSSR count). The topological polar surface area (TPSA) is 84.9 Å². The standard InChI is InChI=1S/C18H18Cl2N2O5S/c19-13-2-1-3-14(10-13)27-12-18(23)21-17-11-15(4-5-16(17)20)28(24,25)22-6-8-26-9-7-22/h1-5,10-11H,6-9,12H2,(H,21,23). The summed E-state index contributed by atoms with van der Waals surface area (Å²) >= 11 is 12.0. The third-order valence-corrected chi connectivity index (χ3v) is 6.45. The van der Waals surface area contributed by atoms with Gasteiger partial charge in [0.25, 0.3) is 5.91 Å². The lowest BCUT2D eigenvalue weighted by atomic mass is 10.3. The van der Waals surface area contributed by atoms with Crippen molar-refractivity contribution in [2.24, 2.45) is 0 Å². The van der Waals surface area contributed by atoms with E-state index in [1.807, 2.05) is 0 Å². The average Bonchev–Trinajstić information content (AvgIpc) is 2.69. The van der Waals surface area contributed by atoms with Gasteiger partial charge in [-0.05, 0) is 36.4 Å². The second-order valence-corrected chi connectivity index (χ2v) is 8.73. The maximum atomic E-state index is 12.8. The molecule has 150 valence electrons. The number of sulfonamides is 1. The highest BCUT2D eigenvalue weighted by Gasteiger charge is 2.27. The van der Waals surface area contributed by atoms with Crippen molar-refractivity contribution in [1.29, 1.82) is 0 Å². The zero-order valence-corrected chi connectivity index (χ0v) is 17.1. The summed E-state index contributed by atoms with van der Waals surface area (Å²) in [5.41, 5.74) is 0.190. The molecular formula is C18H18Cl2N2O5S. The summed E-state index contributed by atoms with van der Waals surface area (Å²) in [6.45, 7) is 0.964. The summed E-state index contributed by atoms with van der Waals surface area (Å²) in [7, 11) is -3.70. The number of nitrogens with one attached hydrogen (secondary N) is 1. The van der Waals surface area contributed by atoms with Crippen molar-refractivity contribution in [3.8, 4) is 5.75 Å². The quantitative estimate of drug-likeness (QED) is 0.739. The Balaban J connectivity index is 1.70. The third kappa shape index (κ3) is 5.15. The van der Waals surface area contributed by atoms with E-state index in [0.717, 1.165) is 0 Å². The maximum Gasteiger partial charge on any atom is 0.262 e. The van der Waals surface area contributed by atoms with Gasteiger partial charge in [-0.2, -0.15) is 4.31 Å². The Morgan fingerprint density at radius 1 is 1.14 bits per heavy atom. The smallest absolute Gasteiger partial charge is 0.262 e. The van der Waals surface area contributed by atoms with E-state index in [1.165, 1.54) is 22.5 Å². The second-order valence-electron chi connectivity index (χ2n) is 5.95. The molecule has 0 atom stereocenters. The summed E-state index contributed by atoms with van der Waals surface area (Å²) in [5.74, 6) is -0.0415. The van der Waals surface area contributed by atoms with Crippen LogP contribution in [-0.2, 0) is 19.6 Å². The van der Waals surface area contributed by atoms with E-state index >= 15 is 0 Å². The first-order valence-corrected chi connectivity index (χ1v) is 10.6. The van der Waals surface area contributed by atoms with Gasteiger partial charge in [0.15, 0.2) is 6.61 Å². The van der Waals surface area contributed by atoms with Gasteiger partial charge < -0.3 is 14.8 Å². The highest BCUT2D eigenvalue weighted by molar-refractivity contribution is 7.89. The molecule has 1 amide bonds. The van der Waals surface area contributed by atoms with E-state index in [-0.39, 0.29) is 35.3 Å². The Hall–Kier alpha value is -1.84. The molecule has 7 nitrogen and oxygen atoms in total. The molecule has 1 aliphatic heterocycles. The van der Waals surface area contributed by atoms with Crippen LogP contribution in [0.3, 0.4) is 0 Å². The highest BCUT2D eigenvalue weighted by Crippen LogP contribution is 2.27. The number of hydrogen-bond donors (Lipinski definition) is 1. The molecule has 0 aromatic heterocycles. The molecule has 1 heterocycles. The van der Waals surface area contributed by atoms with Crippen LogP contribution in [0.5, 0.6) is 5.75 Å². The maximum absolute atomic E-state index is 12.8. The van der Waals surface area contributed by atoms with Crippen molar-refractivity contribution < 1.29 is 22.7 Å². The number of rotatable bonds is 6. The van der Waals surface area contributed by atoms with Gasteiger partial charge in [0.1, 0.15) is 5.75 Å². The van der Waals surface area contributed by atoms with Crippen LogP contribution < -0.4 is 10.1 Å². The number of amides is 1. The highest BCUT2D eigenvalue weighted by atomic mass is 35.5. The van der Waals surface area contributed by atoms with Crippen LogP contribution in [0.4, 0.5) is 5.69 Å². The fraction of sp³-hybridized carbons (Fsp3) is 0.278. The normalized spacial score (nSPS) is 15.2. The van der Waals surface area contributed by atoms with Crippen molar-refractivity contribution in [2.45, 2.75) is 4.90 Å². The third-order valence-electron chi connectivity index (χ3n) is 3.99. The minimum Gasteiger partial charge on any atom is -0.484 e. The lowest BCUT2D eigenvalue weighted by molar-refractivity contribution is -0.118. The van der Waals surface area contributed by atoms with Crippen LogP contribution in [0, 0.1) is 0 Å². The number of anilines is 1. The Morgan fingerprint density at radius 3 is 2.61 bits per heavy atom. The number of ether oxygens (including phenoxy) is 2. The summed E-state index contributed by atoms with van der Waals surface area (Å²) in [4.78, 5) is 12.2. The summed E-state index contributed by atoms with van der Waals surface area (Å²) in [6, 6.07) is 10.8. The van der Waals surface area contributed by atoms with Gasteiger partial charge in [0, 0.05) is 18.1 Å². The molecule has 1 fully saturated rings. The first-order chi connectivity index (χ1) is 13.4. The Bertz CT molecular complexity index is 962. The fourth-order valence-corrected chi connectivity index (χ4v) is 4.37. The Morgan fingerprint density at radius 2 is 1.89 bits per heavy atom. The number of carbonyl (C=O) groups excluding carboxylic acids is 1. The molecule has 10 heteroatoms. The number of benzene rings is 2. The predicted octanol–water partition coefficient (Wildman–Crippen LogP) is 3.03. The molecule has 1 saturated heterocycles. The van der Waals surface area contributed by atoms with Gasteiger partial charge in [-0.15, -0.1) is 0 Å². The molecule has 0 bridgehead atoms. The van der Waals surface area contributed by atoms with E-state index in [0.29, 0.717) is 24.0 Å². The van der Waals surface area contributed by atoms with Gasteiger partial charge in [-0.25, -0.2) is 8.42 Å². The van der Waals surface area contributed by atoms with Gasteiger partial charge in [0.2, 0.25) is 10.0 Å². The van der Waals surface area contributed by atoms with Crippen molar-refractivity contribution in [3.63, 3.8) is 0 Å². The van der Waals surface area contributed by atoms with Gasteiger partial charge in [-0.1, -0.05) is 29.3 Å².